The van der Waals surface area contributed by atoms with Crippen LogP contribution in [0.25, 0.3) is 0 Å². The van der Waals surface area contributed by atoms with Gasteiger partial charge in [0.1, 0.15) is 4.90 Å². The molecule has 8 heteroatoms. The summed E-state index contributed by atoms with van der Waals surface area (Å²) in [6.07, 6.45) is 4.14. The number of hydrogen-bond acceptors (Lipinski definition) is 5. The van der Waals surface area contributed by atoms with E-state index in [1.807, 2.05) is 6.92 Å². The summed E-state index contributed by atoms with van der Waals surface area (Å²) in [6.45, 7) is 4.59. The minimum atomic E-state index is -3.46. The van der Waals surface area contributed by atoms with Gasteiger partial charge in [-0.1, -0.05) is 0 Å². The molecule has 7 nitrogen and oxygen atoms in total. The van der Waals surface area contributed by atoms with Crippen molar-refractivity contribution in [2.75, 3.05) is 26.3 Å². The maximum absolute atomic E-state index is 12.5. The fourth-order valence-electron chi connectivity index (χ4n) is 2.65. The van der Waals surface area contributed by atoms with Gasteiger partial charge in [-0.15, -0.1) is 0 Å². The largest absolute Gasteiger partial charge is 0.347 e. The lowest BCUT2D eigenvalue weighted by Gasteiger charge is -2.36. The van der Waals surface area contributed by atoms with Crippen molar-refractivity contribution in [1.29, 1.82) is 0 Å². The molecule has 0 saturated carbocycles. The zero-order valence-corrected chi connectivity index (χ0v) is 12.3. The van der Waals surface area contributed by atoms with Gasteiger partial charge in [0.15, 0.2) is 5.79 Å². The van der Waals surface area contributed by atoms with Gasteiger partial charge in [0.2, 0.25) is 10.0 Å². The van der Waals surface area contributed by atoms with Crippen LogP contribution in [0.4, 0.5) is 0 Å². The summed E-state index contributed by atoms with van der Waals surface area (Å²) < 4.78 is 39.3. The lowest BCUT2D eigenvalue weighted by Crippen LogP contribution is -2.47. The SMILES string of the molecule is CCn1cc(S(=O)(=O)N2CCC3(CC2)OCCO3)cn1. The number of ether oxygens (including phenoxy) is 2. The summed E-state index contributed by atoms with van der Waals surface area (Å²) >= 11 is 0. The van der Waals surface area contributed by atoms with Gasteiger partial charge in [0, 0.05) is 38.7 Å². The second kappa shape index (κ2) is 5.10. The summed E-state index contributed by atoms with van der Waals surface area (Å²) in [7, 11) is -3.46. The van der Waals surface area contributed by atoms with Crippen molar-refractivity contribution in [3.8, 4) is 0 Å². The molecule has 2 aliphatic rings. The molecular formula is C12H19N3O4S. The molecule has 0 bridgehead atoms. The van der Waals surface area contributed by atoms with E-state index < -0.39 is 15.8 Å². The molecule has 0 amide bonds. The third kappa shape index (κ3) is 2.37. The average molecular weight is 301 g/mol. The lowest BCUT2D eigenvalue weighted by molar-refractivity contribution is -0.179. The molecule has 0 N–H and O–H groups in total. The summed E-state index contributed by atoms with van der Waals surface area (Å²) in [5.41, 5.74) is 0. The van der Waals surface area contributed by atoms with E-state index in [1.54, 1.807) is 10.9 Å². The second-order valence-corrected chi connectivity index (χ2v) is 6.98. The molecule has 2 saturated heterocycles. The fraction of sp³-hybridized carbons (Fsp3) is 0.750. The molecule has 0 aromatic carbocycles. The molecule has 0 radical (unpaired) electrons. The van der Waals surface area contributed by atoms with E-state index in [9.17, 15) is 8.42 Å². The molecule has 3 heterocycles. The Labute approximate surface area is 118 Å². The van der Waals surface area contributed by atoms with Gasteiger partial charge >= 0.3 is 0 Å². The third-order valence-corrected chi connectivity index (χ3v) is 5.72. The van der Waals surface area contributed by atoms with Crippen LogP contribution in [-0.2, 0) is 26.0 Å². The first-order valence-electron chi connectivity index (χ1n) is 6.86. The van der Waals surface area contributed by atoms with Crippen molar-refractivity contribution in [3.63, 3.8) is 0 Å². The molecule has 1 aromatic rings. The minimum Gasteiger partial charge on any atom is -0.347 e. The quantitative estimate of drug-likeness (QED) is 0.809. The van der Waals surface area contributed by atoms with Gasteiger partial charge in [-0.25, -0.2) is 8.42 Å². The highest BCUT2D eigenvalue weighted by atomic mass is 32.2. The van der Waals surface area contributed by atoms with E-state index in [0.29, 0.717) is 45.7 Å². The molecule has 1 aromatic heterocycles. The summed E-state index contributed by atoms with van der Waals surface area (Å²) in [4.78, 5) is 0.253. The Kier molecular flexibility index (Phi) is 3.57. The van der Waals surface area contributed by atoms with Crippen LogP contribution in [-0.4, -0.2) is 54.6 Å². The smallest absolute Gasteiger partial charge is 0.246 e. The third-order valence-electron chi connectivity index (χ3n) is 3.87. The Morgan fingerprint density at radius 3 is 2.50 bits per heavy atom. The van der Waals surface area contributed by atoms with Crippen LogP contribution in [0.2, 0.25) is 0 Å². The number of aromatic nitrogens is 2. The van der Waals surface area contributed by atoms with Crippen LogP contribution < -0.4 is 0 Å². The van der Waals surface area contributed by atoms with Crippen molar-refractivity contribution in [1.82, 2.24) is 14.1 Å². The Hall–Kier alpha value is -0.960. The molecule has 0 atom stereocenters. The first-order valence-corrected chi connectivity index (χ1v) is 8.30. The number of rotatable bonds is 3. The van der Waals surface area contributed by atoms with Crippen molar-refractivity contribution in [2.45, 2.75) is 37.0 Å². The molecule has 2 aliphatic heterocycles. The van der Waals surface area contributed by atoms with Crippen LogP contribution in [0.3, 0.4) is 0 Å². The van der Waals surface area contributed by atoms with Crippen LogP contribution >= 0.6 is 0 Å². The van der Waals surface area contributed by atoms with Gasteiger partial charge in [-0.2, -0.15) is 9.40 Å². The van der Waals surface area contributed by atoms with E-state index in [-0.39, 0.29) is 4.90 Å². The number of sulfonamides is 1. The highest BCUT2D eigenvalue weighted by Gasteiger charge is 2.42. The topological polar surface area (TPSA) is 73.7 Å². The molecule has 112 valence electrons. The monoisotopic (exact) mass is 301 g/mol. The number of nitrogens with zero attached hydrogens (tertiary/aromatic N) is 3. The maximum atomic E-state index is 12.5. The Bertz CT molecular complexity index is 567. The zero-order valence-electron chi connectivity index (χ0n) is 11.5. The van der Waals surface area contributed by atoms with Gasteiger partial charge in [0.25, 0.3) is 0 Å². The molecule has 2 fully saturated rings. The minimum absolute atomic E-state index is 0.253. The van der Waals surface area contributed by atoms with Crippen molar-refractivity contribution in [3.05, 3.63) is 12.4 Å². The van der Waals surface area contributed by atoms with E-state index in [1.165, 1.54) is 10.5 Å². The predicted octanol–water partition coefficient (Wildman–Crippen LogP) is 0.431. The Morgan fingerprint density at radius 2 is 1.95 bits per heavy atom. The first-order chi connectivity index (χ1) is 9.56. The normalized spacial score (nSPS) is 23.4. The lowest BCUT2D eigenvalue weighted by atomic mass is 10.1. The molecule has 1 spiro atoms. The number of aryl methyl sites for hydroxylation is 1. The molecule has 0 unspecified atom stereocenters. The first kappa shape index (κ1) is 14.0. The van der Waals surface area contributed by atoms with E-state index in [0.717, 1.165) is 0 Å². The van der Waals surface area contributed by atoms with Gasteiger partial charge in [-0.05, 0) is 6.92 Å². The van der Waals surface area contributed by atoms with Crippen LogP contribution in [0.1, 0.15) is 19.8 Å². The number of hydrogen-bond donors (Lipinski definition) is 0. The Morgan fingerprint density at radius 1 is 1.30 bits per heavy atom. The van der Waals surface area contributed by atoms with E-state index >= 15 is 0 Å². The van der Waals surface area contributed by atoms with Crippen LogP contribution in [0.5, 0.6) is 0 Å². The molecule has 20 heavy (non-hydrogen) atoms. The molecule has 3 rings (SSSR count). The summed E-state index contributed by atoms with van der Waals surface area (Å²) in [5, 5.41) is 4.03. The maximum Gasteiger partial charge on any atom is 0.246 e. The predicted molar refractivity (Wildman–Crippen MR) is 70.5 cm³/mol. The summed E-state index contributed by atoms with van der Waals surface area (Å²) in [5.74, 6) is -0.556. The van der Waals surface area contributed by atoms with Gasteiger partial charge in [-0.3, -0.25) is 4.68 Å². The van der Waals surface area contributed by atoms with Crippen LogP contribution in [0, 0.1) is 0 Å². The summed E-state index contributed by atoms with van der Waals surface area (Å²) in [6, 6.07) is 0. The van der Waals surface area contributed by atoms with E-state index in [4.69, 9.17) is 9.47 Å². The second-order valence-electron chi connectivity index (χ2n) is 5.04. The highest BCUT2D eigenvalue weighted by molar-refractivity contribution is 7.89. The fourth-order valence-corrected chi connectivity index (χ4v) is 4.05. The van der Waals surface area contributed by atoms with Crippen LogP contribution in [0.15, 0.2) is 17.3 Å². The standard InChI is InChI=1S/C12H19N3O4S/c1-2-14-10-11(9-13-14)20(16,17)15-5-3-12(4-6-15)18-7-8-19-12/h9-10H,2-8H2,1H3. The zero-order chi connectivity index (χ0) is 14.2. The number of piperidine rings is 1. The van der Waals surface area contributed by atoms with Gasteiger partial charge in [0.05, 0.1) is 19.4 Å². The van der Waals surface area contributed by atoms with Crippen molar-refractivity contribution >= 4 is 10.0 Å². The van der Waals surface area contributed by atoms with Crippen molar-refractivity contribution < 1.29 is 17.9 Å². The average Bonchev–Trinajstić information content (AvgIpc) is 3.09. The Balaban J connectivity index is 1.73. The molecular weight excluding hydrogens is 282 g/mol. The molecule has 0 aliphatic carbocycles. The van der Waals surface area contributed by atoms with Gasteiger partial charge < -0.3 is 9.47 Å². The van der Waals surface area contributed by atoms with E-state index in [2.05, 4.69) is 5.10 Å². The van der Waals surface area contributed by atoms with Crippen molar-refractivity contribution in [2.24, 2.45) is 0 Å². The highest BCUT2D eigenvalue weighted by Crippen LogP contribution is 2.33.